The van der Waals surface area contributed by atoms with Crippen LogP contribution in [0.3, 0.4) is 0 Å². The Morgan fingerprint density at radius 1 is 0.947 bits per heavy atom. The number of hydrogen-bond acceptors (Lipinski definition) is 7. The molecule has 0 unspecified atom stereocenters. The maximum absolute atomic E-state index is 13.3. The predicted molar refractivity (Wildman–Crippen MR) is 140 cm³/mol. The number of thiocarbonyl (C=S) groups is 1. The van der Waals surface area contributed by atoms with Gasteiger partial charge >= 0.3 is 11.9 Å². The molecule has 0 aliphatic carbocycles. The van der Waals surface area contributed by atoms with E-state index < -0.39 is 23.8 Å². The van der Waals surface area contributed by atoms with E-state index in [9.17, 15) is 24.3 Å². The molecule has 0 saturated carbocycles. The summed E-state index contributed by atoms with van der Waals surface area (Å²) in [5, 5.41) is 20.7. The van der Waals surface area contributed by atoms with E-state index in [1.807, 2.05) is 0 Å². The highest BCUT2D eigenvalue weighted by molar-refractivity contribution is 7.80. The molecule has 0 aromatic heterocycles. The average molecular weight is 533 g/mol. The first-order valence-electron chi connectivity index (χ1n) is 11.1. The van der Waals surface area contributed by atoms with Gasteiger partial charge in [-0.05, 0) is 71.9 Å². The third kappa shape index (κ3) is 5.52. The Kier molecular flexibility index (Phi) is 7.49. The van der Waals surface area contributed by atoms with Crippen LogP contribution in [-0.2, 0) is 16.2 Å². The second-order valence-electron chi connectivity index (χ2n) is 8.02. The van der Waals surface area contributed by atoms with Crippen molar-refractivity contribution in [3.8, 4) is 11.5 Å². The zero-order valence-corrected chi connectivity index (χ0v) is 20.7. The van der Waals surface area contributed by atoms with Crippen molar-refractivity contribution in [3.05, 3.63) is 94.6 Å². The number of methoxy groups -OCH3 is 1. The largest absolute Gasteiger partial charge is 0.493 e. The van der Waals surface area contributed by atoms with E-state index in [0.717, 1.165) is 4.90 Å². The molecule has 38 heavy (non-hydrogen) atoms. The fraction of sp³-hybridized carbons (Fsp3) is 0.0741. The lowest BCUT2D eigenvalue weighted by atomic mass is 10.1. The number of nitrogens with zero attached hydrogens (tertiary/aromatic N) is 1. The zero-order chi connectivity index (χ0) is 27.4. The molecule has 2 amide bonds. The predicted octanol–water partition coefficient (Wildman–Crippen LogP) is 3.50. The van der Waals surface area contributed by atoms with Crippen LogP contribution < -0.4 is 19.7 Å². The van der Waals surface area contributed by atoms with E-state index in [0.29, 0.717) is 22.6 Å². The van der Waals surface area contributed by atoms with Gasteiger partial charge in [-0.15, -0.1) is 0 Å². The minimum Gasteiger partial charge on any atom is -0.493 e. The number of ether oxygens (including phenoxy) is 2. The van der Waals surface area contributed by atoms with E-state index in [1.165, 1.54) is 49.6 Å². The van der Waals surface area contributed by atoms with Gasteiger partial charge in [-0.2, -0.15) is 0 Å². The number of aromatic carboxylic acids is 2. The Hall–Kier alpha value is -5.03. The maximum atomic E-state index is 13.3. The molecular formula is C27H20N2O8S. The molecule has 0 bridgehead atoms. The molecule has 4 rings (SSSR count). The topological polar surface area (TPSA) is 142 Å². The summed E-state index contributed by atoms with van der Waals surface area (Å²) in [6.07, 6.45) is 1.36. The van der Waals surface area contributed by atoms with E-state index in [4.69, 9.17) is 26.8 Å². The first kappa shape index (κ1) is 26.0. The van der Waals surface area contributed by atoms with E-state index in [2.05, 4.69) is 5.32 Å². The lowest BCUT2D eigenvalue weighted by molar-refractivity contribution is -0.122. The highest BCUT2D eigenvalue weighted by Crippen LogP contribution is 2.31. The average Bonchev–Trinajstić information content (AvgIpc) is 2.90. The number of carbonyl (C=O) groups is 4. The summed E-state index contributed by atoms with van der Waals surface area (Å²) in [4.78, 5) is 49.5. The Bertz CT molecular complexity index is 1510. The van der Waals surface area contributed by atoms with Crippen molar-refractivity contribution in [1.29, 1.82) is 0 Å². The monoisotopic (exact) mass is 532 g/mol. The van der Waals surface area contributed by atoms with Gasteiger partial charge in [0.1, 0.15) is 12.2 Å². The van der Waals surface area contributed by atoms with Crippen LogP contribution in [0.25, 0.3) is 6.08 Å². The molecule has 1 saturated heterocycles. The standard InChI is InChI=1S/C27H20N2O8S/c1-36-22-12-15(8-9-21(22)37-14-16-4-2-5-17(10-16)25(32)33)11-20-23(30)28-27(38)29(24(20)31)19-7-3-6-18(13-19)26(34)35/h2-13H,14H2,1H3,(H,32,33)(H,34,35)(H,28,30,38). The molecule has 3 aromatic rings. The third-order valence-corrected chi connectivity index (χ3v) is 5.80. The van der Waals surface area contributed by atoms with Crippen LogP contribution in [0.1, 0.15) is 31.8 Å². The summed E-state index contributed by atoms with van der Waals surface area (Å²) < 4.78 is 11.2. The van der Waals surface area contributed by atoms with Gasteiger partial charge in [0.15, 0.2) is 16.6 Å². The van der Waals surface area contributed by atoms with Gasteiger partial charge in [0.2, 0.25) is 0 Å². The molecule has 3 aromatic carbocycles. The van der Waals surface area contributed by atoms with Crippen LogP contribution in [0, 0.1) is 0 Å². The molecule has 1 heterocycles. The fourth-order valence-electron chi connectivity index (χ4n) is 3.69. The first-order chi connectivity index (χ1) is 18.2. The molecule has 1 fully saturated rings. The van der Waals surface area contributed by atoms with Gasteiger partial charge in [0, 0.05) is 0 Å². The van der Waals surface area contributed by atoms with Crippen molar-refractivity contribution >= 4 is 52.8 Å². The van der Waals surface area contributed by atoms with Crippen LogP contribution >= 0.6 is 12.2 Å². The van der Waals surface area contributed by atoms with Crippen LogP contribution in [0.5, 0.6) is 11.5 Å². The van der Waals surface area contributed by atoms with E-state index in [1.54, 1.807) is 30.3 Å². The number of carbonyl (C=O) groups excluding carboxylic acids is 2. The number of anilines is 1. The maximum Gasteiger partial charge on any atom is 0.335 e. The summed E-state index contributed by atoms with van der Waals surface area (Å²) in [7, 11) is 1.43. The molecule has 0 radical (unpaired) electrons. The Morgan fingerprint density at radius 2 is 1.63 bits per heavy atom. The molecule has 10 nitrogen and oxygen atoms in total. The van der Waals surface area contributed by atoms with Crippen LogP contribution in [-0.4, -0.2) is 46.2 Å². The summed E-state index contributed by atoms with van der Waals surface area (Å²) in [6.45, 7) is 0.0839. The second-order valence-corrected chi connectivity index (χ2v) is 8.40. The quantitative estimate of drug-likeness (QED) is 0.226. The lowest BCUT2D eigenvalue weighted by Gasteiger charge is -2.29. The second kappa shape index (κ2) is 10.9. The van der Waals surface area contributed by atoms with Gasteiger partial charge in [-0.1, -0.05) is 24.3 Å². The number of nitrogens with one attached hydrogen (secondary N) is 1. The van der Waals surface area contributed by atoms with Gasteiger partial charge in [0.05, 0.1) is 23.9 Å². The summed E-state index contributed by atoms with van der Waals surface area (Å²) >= 11 is 5.17. The van der Waals surface area contributed by atoms with E-state index >= 15 is 0 Å². The van der Waals surface area contributed by atoms with Crippen molar-refractivity contribution < 1.29 is 38.9 Å². The molecule has 0 atom stereocenters. The van der Waals surface area contributed by atoms with Crippen molar-refractivity contribution in [2.24, 2.45) is 0 Å². The van der Waals surface area contributed by atoms with Crippen molar-refractivity contribution in [2.75, 3.05) is 12.0 Å². The minimum atomic E-state index is -1.17. The smallest absolute Gasteiger partial charge is 0.335 e. The Labute approximate surface area is 221 Å². The molecule has 192 valence electrons. The van der Waals surface area contributed by atoms with Crippen LogP contribution in [0.2, 0.25) is 0 Å². The number of rotatable bonds is 8. The Balaban J connectivity index is 1.59. The fourth-order valence-corrected chi connectivity index (χ4v) is 3.97. The van der Waals surface area contributed by atoms with Crippen molar-refractivity contribution in [1.82, 2.24) is 5.32 Å². The zero-order valence-electron chi connectivity index (χ0n) is 19.8. The van der Waals surface area contributed by atoms with Gasteiger partial charge in [0.25, 0.3) is 11.8 Å². The van der Waals surface area contributed by atoms with Crippen molar-refractivity contribution in [3.63, 3.8) is 0 Å². The molecule has 3 N–H and O–H groups in total. The normalized spacial score (nSPS) is 14.3. The lowest BCUT2D eigenvalue weighted by Crippen LogP contribution is -2.54. The summed E-state index contributed by atoms with van der Waals surface area (Å²) in [5.41, 5.74) is 1.16. The molecule has 1 aliphatic heterocycles. The number of hydrogen-bond donors (Lipinski definition) is 3. The highest BCUT2D eigenvalue weighted by Gasteiger charge is 2.34. The van der Waals surface area contributed by atoms with Crippen LogP contribution in [0.4, 0.5) is 5.69 Å². The number of carboxylic acid groups (broad SMARTS) is 2. The Morgan fingerprint density at radius 3 is 2.32 bits per heavy atom. The number of benzene rings is 3. The molecule has 1 aliphatic rings. The van der Waals surface area contributed by atoms with Gasteiger partial charge in [-0.25, -0.2) is 9.59 Å². The molecular weight excluding hydrogens is 512 g/mol. The van der Waals surface area contributed by atoms with Gasteiger partial charge in [-0.3, -0.25) is 19.8 Å². The summed E-state index contributed by atoms with van der Waals surface area (Å²) in [5.74, 6) is -2.97. The minimum absolute atomic E-state index is 0.0458. The van der Waals surface area contributed by atoms with Gasteiger partial charge < -0.3 is 19.7 Å². The number of amides is 2. The SMILES string of the molecule is COc1cc(C=C2C(=O)NC(=S)N(c3cccc(C(=O)O)c3)C2=O)ccc1OCc1cccc(C(=O)O)c1. The summed E-state index contributed by atoms with van der Waals surface area (Å²) in [6, 6.07) is 16.7. The first-order valence-corrected chi connectivity index (χ1v) is 11.5. The highest BCUT2D eigenvalue weighted by atomic mass is 32.1. The van der Waals surface area contributed by atoms with Crippen molar-refractivity contribution in [2.45, 2.75) is 6.61 Å². The van der Waals surface area contributed by atoms with E-state index in [-0.39, 0.29) is 34.1 Å². The van der Waals surface area contributed by atoms with Crippen LogP contribution in [0.15, 0.2) is 72.3 Å². The molecule has 0 spiro atoms. The number of carboxylic acids is 2. The molecule has 11 heteroatoms. The third-order valence-electron chi connectivity index (χ3n) is 5.52.